The molecule has 4 rings (SSSR count). The Balaban J connectivity index is 1.73. The molecule has 0 saturated carbocycles. The molecule has 3 aliphatic heterocycles. The van der Waals surface area contributed by atoms with E-state index < -0.39 is 11.9 Å². The predicted molar refractivity (Wildman–Crippen MR) is 68.6 cm³/mol. The number of epoxide rings is 1. The summed E-state index contributed by atoms with van der Waals surface area (Å²) in [6.07, 6.45) is 2.85. The molecule has 0 radical (unpaired) electrons. The van der Waals surface area contributed by atoms with Gasteiger partial charge in [-0.25, -0.2) is 4.79 Å². The van der Waals surface area contributed by atoms with Crippen LogP contribution in [0.4, 0.5) is 0 Å². The molecule has 4 aliphatic rings. The number of allylic oxidation sites excluding steroid dienone is 1. The van der Waals surface area contributed by atoms with Gasteiger partial charge in [0.25, 0.3) is 0 Å². The van der Waals surface area contributed by atoms with Crippen molar-refractivity contribution in [3.8, 4) is 0 Å². The number of carbonyl (C=O) groups is 1. The fourth-order valence-electron chi connectivity index (χ4n) is 3.79. The van der Waals surface area contributed by atoms with E-state index in [1.165, 1.54) is 5.57 Å². The molecule has 2 bridgehead atoms. The van der Waals surface area contributed by atoms with Gasteiger partial charge < -0.3 is 19.3 Å². The van der Waals surface area contributed by atoms with Gasteiger partial charge in [-0.1, -0.05) is 12.2 Å². The van der Waals surface area contributed by atoms with E-state index in [0.29, 0.717) is 12.0 Å². The monoisotopic (exact) mass is 278 g/mol. The maximum atomic E-state index is 11.8. The molecule has 1 spiro atoms. The topological polar surface area (TPSA) is 68.3 Å². The van der Waals surface area contributed by atoms with Gasteiger partial charge in [-0.05, 0) is 25.8 Å². The fourth-order valence-corrected chi connectivity index (χ4v) is 3.79. The molecule has 0 aromatic heterocycles. The smallest absolute Gasteiger partial charge is 0.334 e. The van der Waals surface area contributed by atoms with Crippen LogP contribution in [0.3, 0.4) is 0 Å². The standard InChI is InChI=1S/C15H18O5/c1-7-3-4-11-15(20-11)6-10(19-14(15)17)12-8(2)13(16)18-9(12)5-7/h5,9-12,14,17H,2-4,6H2,1H3. The lowest BCUT2D eigenvalue weighted by atomic mass is 9.84. The zero-order chi connectivity index (χ0) is 14.1. The number of ether oxygens (including phenoxy) is 3. The van der Waals surface area contributed by atoms with E-state index in [4.69, 9.17) is 14.2 Å². The van der Waals surface area contributed by atoms with Crippen molar-refractivity contribution in [1.29, 1.82) is 0 Å². The number of rotatable bonds is 0. The van der Waals surface area contributed by atoms with Crippen LogP contribution in [0, 0.1) is 5.92 Å². The summed E-state index contributed by atoms with van der Waals surface area (Å²) in [5, 5.41) is 10.2. The normalized spacial score (nSPS) is 50.1. The van der Waals surface area contributed by atoms with Crippen LogP contribution in [0.25, 0.3) is 0 Å². The van der Waals surface area contributed by atoms with Crippen LogP contribution >= 0.6 is 0 Å². The van der Waals surface area contributed by atoms with Gasteiger partial charge >= 0.3 is 5.97 Å². The Kier molecular flexibility index (Phi) is 2.47. The largest absolute Gasteiger partial charge is 0.454 e. The Hall–Kier alpha value is -1.17. The molecular formula is C15H18O5. The SMILES string of the molecule is C=C1C(=O)OC2C=C(C)CCC3OC34CC(OC4O)C12. The molecule has 0 aromatic rings. The lowest BCUT2D eigenvalue weighted by Gasteiger charge is -2.21. The molecule has 5 nitrogen and oxygen atoms in total. The minimum absolute atomic E-state index is 0.0497. The molecule has 3 heterocycles. The van der Waals surface area contributed by atoms with E-state index >= 15 is 0 Å². The Labute approximate surface area is 117 Å². The highest BCUT2D eigenvalue weighted by atomic mass is 16.7. The Bertz CT molecular complexity index is 524. The van der Waals surface area contributed by atoms with Crippen LogP contribution < -0.4 is 0 Å². The Morgan fingerprint density at radius 1 is 1.50 bits per heavy atom. The van der Waals surface area contributed by atoms with E-state index in [-0.39, 0.29) is 30.2 Å². The molecule has 1 aliphatic carbocycles. The van der Waals surface area contributed by atoms with E-state index in [0.717, 1.165) is 12.8 Å². The van der Waals surface area contributed by atoms with E-state index in [1.807, 2.05) is 13.0 Å². The average Bonchev–Trinajstić information content (AvgIpc) is 2.90. The second-order valence-corrected chi connectivity index (χ2v) is 6.27. The fraction of sp³-hybridized carbons (Fsp3) is 0.667. The first kappa shape index (κ1) is 12.6. The molecule has 6 atom stereocenters. The molecule has 3 saturated heterocycles. The lowest BCUT2D eigenvalue weighted by molar-refractivity contribution is -0.139. The molecular weight excluding hydrogens is 260 g/mol. The van der Waals surface area contributed by atoms with Gasteiger partial charge in [-0.3, -0.25) is 0 Å². The van der Waals surface area contributed by atoms with Crippen molar-refractivity contribution in [1.82, 2.24) is 0 Å². The molecule has 108 valence electrons. The van der Waals surface area contributed by atoms with Crippen LogP contribution in [-0.4, -0.2) is 41.3 Å². The first-order valence-electron chi connectivity index (χ1n) is 7.10. The zero-order valence-electron chi connectivity index (χ0n) is 11.4. The summed E-state index contributed by atoms with van der Waals surface area (Å²) in [5.74, 6) is -0.593. The third-order valence-electron chi connectivity index (χ3n) is 5.00. The highest BCUT2D eigenvalue weighted by Gasteiger charge is 2.68. The van der Waals surface area contributed by atoms with Gasteiger partial charge in [-0.15, -0.1) is 0 Å². The predicted octanol–water partition coefficient (Wildman–Crippen LogP) is 1.07. The van der Waals surface area contributed by atoms with Gasteiger partial charge in [0.1, 0.15) is 11.7 Å². The van der Waals surface area contributed by atoms with Gasteiger partial charge in [0.05, 0.1) is 18.1 Å². The summed E-state index contributed by atoms with van der Waals surface area (Å²) >= 11 is 0. The van der Waals surface area contributed by atoms with Crippen LogP contribution in [0.5, 0.6) is 0 Å². The minimum atomic E-state index is -0.917. The summed E-state index contributed by atoms with van der Waals surface area (Å²) in [4.78, 5) is 11.8. The second-order valence-electron chi connectivity index (χ2n) is 6.27. The Morgan fingerprint density at radius 2 is 2.30 bits per heavy atom. The van der Waals surface area contributed by atoms with E-state index in [9.17, 15) is 9.90 Å². The summed E-state index contributed by atoms with van der Waals surface area (Å²) < 4.78 is 16.8. The first-order chi connectivity index (χ1) is 9.51. The maximum Gasteiger partial charge on any atom is 0.334 e. The lowest BCUT2D eigenvalue weighted by Crippen LogP contribution is -2.29. The third kappa shape index (κ3) is 1.57. The third-order valence-corrected chi connectivity index (χ3v) is 5.00. The van der Waals surface area contributed by atoms with Crippen molar-refractivity contribution in [3.63, 3.8) is 0 Å². The molecule has 6 unspecified atom stereocenters. The zero-order valence-corrected chi connectivity index (χ0v) is 11.4. The summed E-state index contributed by atoms with van der Waals surface area (Å²) in [6.45, 7) is 5.87. The quantitative estimate of drug-likeness (QED) is 0.311. The summed E-state index contributed by atoms with van der Waals surface area (Å²) in [6, 6.07) is 0. The number of hydrogen-bond donors (Lipinski definition) is 1. The minimum Gasteiger partial charge on any atom is -0.454 e. The van der Waals surface area contributed by atoms with Gasteiger partial charge in [0.2, 0.25) is 0 Å². The number of fused-ring (bicyclic) bond motifs is 3. The number of carbonyl (C=O) groups excluding carboxylic acids is 1. The van der Waals surface area contributed by atoms with E-state index in [1.54, 1.807) is 0 Å². The number of aliphatic hydroxyl groups excluding tert-OH is 1. The van der Waals surface area contributed by atoms with Gasteiger partial charge in [0.15, 0.2) is 6.29 Å². The molecule has 20 heavy (non-hydrogen) atoms. The van der Waals surface area contributed by atoms with Crippen molar-refractivity contribution < 1.29 is 24.1 Å². The van der Waals surface area contributed by atoms with Crippen LogP contribution in [0.1, 0.15) is 26.2 Å². The van der Waals surface area contributed by atoms with Gasteiger partial charge in [0, 0.05) is 12.0 Å². The van der Waals surface area contributed by atoms with Crippen molar-refractivity contribution in [2.75, 3.05) is 0 Å². The molecule has 0 aromatic carbocycles. The van der Waals surface area contributed by atoms with Crippen LogP contribution in [0.2, 0.25) is 0 Å². The highest BCUT2D eigenvalue weighted by molar-refractivity contribution is 5.91. The van der Waals surface area contributed by atoms with Gasteiger partial charge in [-0.2, -0.15) is 0 Å². The Morgan fingerprint density at radius 3 is 3.10 bits per heavy atom. The van der Waals surface area contributed by atoms with Crippen molar-refractivity contribution in [3.05, 3.63) is 23.8 Å². The molecule has 3 fully saturated rings. The molecule has 1 N–H and O–H groups in total. The van der Waals surface area contributed by atoms with E-state index in [2.05, 4.69) is 6.58 Å². The maximum absolute atomic E-state index is 11.8. The summed E-state index contributed by atoms with van der Waals surface area (Å²) in [7, 11) is 0. The molecule has 0 amide bonds. The molecule has 5 heteroatoms. The van der Waals surface area contributed by atoms with Crippen LogP contribution in [-0.2, 0) is 19.0 Å². The number of aliphatic hydroxyl groups is 1. The number of esters is 1. The van der Waals surface area contributed by atoms with Crippen molar-refractivity contribution in [2.24, 2.45) is 5.92 Å². The number of hydrogen-bond acceptors (Lipinski definition) is 5. The van der Waals surface area contributed by atoms with Crippen LogP contribution in [0.15, 0.2) is 23.8 Å². The van der Waals surface area contributed by atoms with Crippen molar-refractivity contribution in [2.45, 2.75) is 56.4 Å². The summed E-state index contributed by atoms with van der Waals surface area (Å²) in [5.41, 5.74) is 1.04. The van der Waals surface area contributed by atoms with Crippen molar-refractivity contribution >= 4 is 5.97 Å². The average molecular weight is 278 g/mol. The highest BCUT2D eigenvalue weighted by Crippen LogP contribution is 2.54. The first-order valence-corrected chi connectivity index (χ1v) is 7.10. The second kappa shape index (κ2) is 3.93.